The summed E-state index contributed by atoms with van der Waals surface area (Å²) in [7, 11) is -1.59. The van der Waals surface area contributed by atoms with Gasteiger partial charge < -0.3 is 9.73 Å². The van der Waals surface area contributed by atoms with Crippen LogP contribution < -0.4 is 10.7 Å². The number of hydrogen-bond acceptors (Lipinski definition) is 3. The van der Waals surface area contributed by atoms with Crippen LogP contribution in [-0.4, -0.2) is 33.7 Å². The number of urea groups is 1. The molecule has 1 aromatic rings. The molecule has 0 saturated heterocycles. The third kappa shape index (κ3) is 9.79. The van der Waals surface area contributed by atoms with Crippen molar-refractivity contribution < 1.29 is 18.0 Å². The molecule has 8 heteroatoms. The predicted octanol–water partition coefficient (Wildman–Crippen LogP) is 6.56. The van der Waals surface area contributed by atoms with Crippen LogP contribution in [0.2, 0.25) is 18.1 Å². The fraction of sp³-hybridized carbons (Fsp3) is 0.792. The molecule has 1 unspecified atom stereocenters. The van der Waals surface area contributed by atoms with Crippen LogP contribution in [-0.2, 0) is 17.8 Å². The Morgan fingerprint density at radius 3 is 2.00 bits per heavy atom. The van der Waals surface area contributed by atoms with Crippen molar-refractivity contribution in [3.8, 4) is 0 Å². The topological polar surface area (TPSA) is 82.8 Å². The largest absolute Gasteiger partial charge is 0.474 e. The van der Waals surface area contributed by atoms with Crippen molar-refractivity contribution in [1.82, 2.24) is 9.62 Å². The van der Waals surface area contributed by atoms with E-state index in [2.05, 4.69) is 39.1 Å². The van der Waals surface area contributed by atoms with Gasteiger partial charge in [0, 0.05) is 18.7 Å². The molecule has 32 heavy (non-hydrogen) atoms. The van der Waals surface area contributed by atoms with Gasteiger partial charge in [-0.2, -0.15) is 0 Å². The molecule has 2 amide bonds. The van der Waals surface area contributed by atoms with Crippen LogP contribution in [0.25, 0.3) is 0 Å². The average Bonchev–Trinajstić information content (AvgIpc) is 3.27. The first-order valence-electron chi connectivity index (χ1n) is 12.7. The fourth-order valence-corrected chi connectivity index (χ4v) is 8.12. The number of nitrogens with one attached hydrogen (secondary N) is 1. The maximum absolute atomic E-state index is 12.5. The van der Waals surface area contributed by atoms with Gasteiger partial charge in [-0.1, -0.05) is 104 Å². The Balaban J connectivity index is 2.37. The molecule has 1 aromatic heterocycles. The molecule has 6 nitrogen and oxygen atoms in total. The van der Waals surface area contributed by atoms with Crippen molar-refractivity contribution in [1.29, 1.82) is 0 Å². The summed E-state index contributed by atoms with van der Waals surface area (Å²) < 4.78 is 28.1. The second kappa shape index (κ2) is 16.5. The molecule has 0 aliphatic heterocycles. The van der Waals surface area contributed by atoms with Crippen LogP contribution in [0.5, 0.6) is 0 Å². The minimum absolute atomic E-state index is 0.291. The van der Waals surface area contributed by atoms with Crippen LogP contribution in [0.4, 0.5) is 4.79 Å². The summed E-state index contributed by atoms with van der Waals surface area (Å²) in [5.41, 5.74) is 0.906. The summed E-state index contributed by atoms with van der Waals surface area (Å²) in [6.45, 7) is 9.51. The van der Waals surface area contributed by atoms with Gasteiger partial charge in [0.05, 0.1) is 11.6 Å². The minimum Gasteiger partial charge on any atom is -0.474 e. The van der Waals surface area contributed by atoms with Gasteiger partial charge in [-0.25, -0.2) is 13.3 Å². The number of unbranched alkanes of at least 4 members (excludes halogenated alkanes) is 9. The molecule has 0 radical (unpaired) electrons. The maximum Gasteiger partial charge on any atom is 0.331 e. The normalized spacial score (nSPS) is 12.7. The highest BCUT2D eigenvalue weighted by Crippen LogP contribution is 2.21. The van der Waals surface area contributed by atoms with Crippen molar-refractivity contribution in [3.05, 3.63) is 17.9 Å². The molecular weight excluding hydrogens is 440 g/mol. The first-order valence-corrected chi connectivity index (χ1v) is 16.4. The van der Waals surface area contributed by atoms with E-state index in [9.17, 15) is 13.6 Å². The van der Waals surface area contributed by atoms with E-state index in [1.807, 2.05) is 0 Å². The Bertz CT molecular complexity index is 656. The van der Waals surface area contributed by atoms with E-state index in [-0.39, 0.29) is 0 Å². The predicted molar refractivity (Wildman–Crippen MR) is 137 cm³/mol. The van der Waals surface area contributed by atoms with Crippen LogP contribution in [0.15, 0.2) is 16.7 Å². The molecule has 0 aromatic carbocycles. The molecule has 2 N–H and O–H groups in total. The van der Waals surface area contributed by atoms with E-state index >= 15 is 0 Å². The Labute approximate surface area is 199 Å². The lowest BCUT2D eigenvalue weighted by atomic mass is 10.1. The molecule has 0 saturated carbocycles. The quantitative estimate of drug-likeness (QED) is 0.140. The van der Waals surface area contributed by atoms with Crippen LogP contribution >= 0.6 is 0 Å². The third-order valence-corrected chi connectivity index (χ3v) is 12.9. The zero-order valence-electron chi connectivity index (χ0n) is 20.8. The summed E-state index contributed by atoms with van der Waals surface area (Å²) in [5.74, 6) is 0. The highest BCUT2D eigenvalue weighted by molar-refractivity contribution is 7.77. The summed E-state index contributed by atoms with van der Waals surface area (Å²) in [6, 6.07) is 4.96. The van der Waals surface area contributed by atoms with Gasteiger partial charge in [0.15, 0.2) is 0 Å². The molecule has 1 atom stereocenters. The first-order chi connectivity index (χ1) is 15.4. The van der Waals surface area contributed by atoms with Crippen molar-refractivity contribution in [2.45, 2.75) is 117 Å². The first kappa shape index (κ1) is 28.9. The van der Waals surface area contributed by atoms with Gasteiger partial charge in [0.1, 0.15) is 8.07 Å². The van der Waals surface area contributed by atoms with Crippen molar-refractivity contribution in [2.75, 3.05) is 6.54 Å². The van der Waals surface area contributed by atoms with E-state index < -0.39 is 25.4 Å². The summed E-state index contributed by atoms with van der Waals surface area (Å²) in [4.78, 5) is 12.5. The summed E-state index contributed by atoms with van der Waals surface area (Å²) >= 11 is -2.31. The number of carbonyl (C=O) groups is 1. The lowest BCUT2D eigenvalue weighted by Crippen LogP contribution is -2.45. The van der Waals surface area contributed by atoms with Crippen molar-refractivity contribution in [3.63, 3.8) is 0 Å². The zero-order chi connectivity index (χ0) is 23.8. The molecular formula is C24H46N2O4SSi. The molecule has 1 rings (SSSR count). The second-order valence-electron chi connectivity index (χ2n) is 8.83. The number of nitrogens with zero attached hydrogens (tertiary/aromatic N) is 1. The molecule has 186 valence electrons. The number of amides is 2. The standard InChI is InChI=1S/C24H46N2O4SSi/c1-5-9-10-11-12-13-14-15-16-17-18-26(31(28)29)24(27)25-20-22-19-23(30-21-22)32(6-2,7-3)8-4/h19,21H,5-18,20H2,1-4H3,(H,25,27)(H,28,29). The van der Waals surface area contributed by atoms with Crippen LogP contribution in [0.1, 0.15) is 97.5 Å². The maximum atomic E-state index is 12.5. The monoisotopic (exact) mass is 486 g/mol. The van der Waals surface area contributed by atoms with Gasteiger partial charge in [0.2, 0.25) is 0 Å². The van der Waals surface area contributed by atoms with E-state index in [0.717, 1.165) is 52.6 Å². The smallest absolute Gasteiger partial charge is 0.331 e. The van der Waals surface area contributed by atoms with E-state index in [1.54, 1.807) is 6.26 Å². The molecule has 0 fully saturated rings. The zero-order valence-corrected chi connectivity index (χ0v) is 22.6. The summed E-state index contributed by atoms with van der Waals surface area (Å²) in [5, 5.41) is 3.86. The lowest BCUT2D eigenvalue weighted by molar-refractivity contribution is 0.221. The Kier molecular flexibility index (Phi) is 14.9. The Morgan fingerprint density at radius 2 is 1.50 bits per heavy atom. The Hall–Kier alpha value is -1.12. The van der Waals surface area contributed by atoms with E-state index in [0.29, 0.717) is 13.1 Å². The van der Waals surface area contributed by atoms with E-state index in [1.165, 1.54) is 44.9 Å². The third-order valence-electron chi connectivity index (χ3n) is 6.78. The van der Waals surface area contributed by atoms with Crippen molar-refractivity contribution in [2.24, 2.45) is 0 Å². The molecule has 1 heterocycles. The van der Waals surface area contributed by atoms with Gasteiger partial charge in [-0.3, -0.25) is 4.55 Å². The fourth-order valence-electron chi connectivity index (χ4n) is 4.28. The van der Waals surface area contributed by atoms with E-state index in [4.69, 9.17) is 4.42 Å². The Morgan fingerprint density at radius 1 is 0.969 bits per heavy atom. The number of rotatable bonds is 18. The average molecular weight is 487 g/mol. The highest BCUT2D eigenvalue weighted by atomic mass is 32.2. The summed E-state index contributed by atoms with van der Waals surface area (Å²) in [6.07, 6.45) is 13.5. The lowest BCUT2D eigenvalue weighted by Gasteiger charge is -2.24. The second-order valence-corrected chi connectivity index (χ2v) is 14.9. The minimum atomic E-state index is -2.31. The molecule has 0 aliphatic carbocycles. The number of hydrogen-bond donors (Lipinski definition) is 2. The molecule has 0 aliphatic rings. The molecule has 0 spiro atoms. The highest BCUT2D eigenvalue weighted by Gasteiger charge is 2.32. The number of carbonyl (C=O) groups excluding carboxylic acids is 1. The van der Waals surface area contributed by atoms with Crippen molar-refractivity contribution >= 4 is 30.8 Å². The van der Waals surface area contributed by atoms with Crippen LogP contribution in [0.3, 0.4) is 0 Å². The van der Waals surface area contributed by atoms with Gasteiger partial charge in [0.25, 0.3) is 11.3 Å². The number of furan rings is 1. The van der Waals surface area contributed by atoms with Gasteiger partial charge in [-0.15, -0.1) is 0 Å². The van der Waals surface area contributed by atoms with Gasteiger partial charge in [-0.05, 0) is 12.5 Å². The molecule has 0 bridgehead atoms. The van der Waals surface area contributed by atoms with Gasteiger partial charge >= 0.3 is 6.03 Å². The SMILES string of the molecule is CCCCCCCCCCCCN(C(=O)NCc1coc([Si](CC)(CC)CC)c1)S(=O)O. The van der Waals surface area contributed by atoms with Crippen LogP contribution in [0, 0.1) is 0 Å².